The van der Waals surface area contributed by atoms with Crippen LogP contribution in [0.4, 0.5) is 5.69 Å². The summed E-state index contributed by atoms with van der Waals surface area (Å²) in [5.74, 6) is 0.344. The molecule has 1 unspecified atom stereocenters. The second kappa shape index (κ2) is 6.99. The number of hydrogen-bond acceptors (Lipinski definition) is 3. The number of aryl methyl sites for hydroxylation is 1. The van der Waals surface area contributed by atoms with Gasteiger partial charge in [0.2, 0.25) is 5.91 Å². The molecule has 0 aromatic heterocycles. The van der Waals surface area contributed by atoms with Gasteiger partial charge in [0, 0.05) is 44.3 Å². The highest BCUT2D eigenvalue weighted by atomic mass is 16.2. The van der Waals surface area contributed by atoms with Crippen molar-refractivity contribution in [2.24, 2.45) is 5.41 Å². The number of rotatable bonds is 3. The van der Waals surface area contributed by atoms with E-state index < -0.39 is 0 Å². The summed E-state index contributed by atoms with van der Waals surface area (Å²) in [6.07, 6.45) is 6.62. The van der Waals surface area contributed by atoms with Crippen LogP contribution in [0.3, 0.4) is 0 Å². The molecule has 2 fully saturated rings. The van der Waals surface area contributed by atoms with E-state index in [9.17, 15) is 4.79 Å². The predicted molar refractivity (Wildman–Crippen MR) is 102 cm³/mol. The van der Waals surface area contributed by atoms with E-state index in [0.717, 1.165) is 39.1 Å². The van der Waals surface area contributed by atoms with E-state index in [2.05, 4.69) is 46.3 Å². The van der Waals surface area contributed by atoms with Crippen molar-refractivity contribution in [3.63, 3.8) is 0 Å². The molecule has 3 heterocycles. The van der Waals surface area contributed by atoms with Gasteiger partial charge in [-0.25, -0.2) is 0 Å². The zero-order valence-electron chi connectivity index (χ0n) is 15.5. The number of likely N-dealkylation sites (tertiary alicyclic amines) is 1. The first-order valence-corrected chi connectivity index (χ1v) is 10.00. The number of piperidine rings is 1. The number of hydrogen-bond donors (Lipinski definition) is 1. The van der Waals surface area contributed by atoms with Crippen LogP contribution in [0, 0.1) is 5.41 Å². The molecule has 1 atom stereocenters. The van der Waals surface area contributed by atoms with E-state index in [1.807, 2.05) is 0 Å². The Morgan fingerprint density at radius 3 is 2.80 bits per heavy atom. The maximum Gasteiger partial charge on any atom is 0.224 e. The molecule has 4 heteroatoms. The Morgan fingerprint density at radius 2 is 2.04 bits per heavy atom. The molecular weight excluding hydrogens is 310 g/mol. The third-order valence-corrected chi connectivity index (χ3v) is 6.74. The molecule has 4 rings (SSSR count). The highest BCUT2D eigenvalue weighted by Gasteiger charge is 2.38. The Hall–Kier alpha value is -1.55. The summed E-state index contributed by atoms with van der Waals surface area (Å²) < 4.78 is 0. The van der Waals surface area contributed by atoms with E-state index in [0.29, 0.717) is 23.8 Å². The highest BCUT2D eigenvalue weighted by Crippen LogP contribution is 2.37. The average Bonchev–Trinajstić information content (AvgIpc) is 3.09. The Bertz CT molecular complexity index is 613. The van der Waals surface area contributed by atoms with Gasteiger partial charge in [-0.3, -0.25) is 4.79 Å². The lowest BCUT2D eigenvalue weighted by atomic mass is 9.78. The Kier molecular flexibility index (Phi) is 4.72. The SMILES string of the molecule is CC1CCc2ccccc2N1CCC(=O)N1CCC2(CCNC2)CC1. The summed E-state index contributed by atoms with van der Waals surface area (Å²) in [6, 6.07) is 9.21. The number of carbonyl (C=O) groups excluding carboxylic acids is 1. The number of nitrogens with zero attached hydrogens (tertiary/aromatic N) is 2. The van der Waals surface area contributed by atoms with Crippen molar-refractivity contribution in [1.82, 2.24) is 10.2 Å². The van der Waals surface area contributed by atoms with Gasteiger partial charge in [-0.2, -0.15) is 0 Å². The van der Waals surface area contributed by atoms with Gasteiger partial charge >= 0.3 is 0 Å². The first-order valence-electron chi connectivity index (χ1n) is 10.00. The molecule has 136 valence electrons. The maximum atomic E-state index is 12.7. The second-order valence-electron chi connectivity index (χ2n) is 8.27. The van der Waals surface area contributed by atoms with Crippen LogP contribution in [0.2, 0.25) is 0 Å². The molecule has 1 amide bonds. The molecule has 3 aliphatic heterocycles. The van der Waals surface area contributed by atoms with Crippen molar-refractivity contribution in [2.45, 2.75) is 51.5 Å². The van der Waals surface area contributed by atoms with Gasteiger partial charge in [0.1, 0.15) is 0 Å². The van der Waals surface area contributed by atoms with Gasteiger partial charge < -0.3 is 15.1 Å². The molecule has 0 bridgehead atoms. The minimum Gasteiger partial charge on any atom is -0.368 e. The molecular formula is C21H31N3O. The average molecular weight is 341 g/mol. The van der Waals surface area contributed by atoms with Crippen LogP contribution in [0.15, 0.2) is 24.3 Å². The monoisotopic (exact) mass is 341 g/mol. The van der Waals surface area contributed by atoms with E-state index >= 15 is 0 Å². The third kappa shape index (κ3) is 3.41. The quantitative estimate of drug-likeness (QED) is 0.918. The summed E-state index contributed by atoms with van der Waals surface area (Å²) in [6.45, 7) is 7.34. The van der Waals surface area contributed by atoms with Crippen LogP contribution in [-0.4, -0.2) is 49.6 Å². The van der Waals surface area contributed by atoms with Gasteiger partial charge in [-0.15, -0.1) is 0 Å². The molecule has 1 N–H and O–H groups in total. The fourth-order valence-electron chi connectivity index (χ4n) is 4.93. The van der Waals surface area contributed by atoms with E-state index in [1.165, 1.54) is 36.9 Å². The summed E-state index contributed by atoms with van der Waals surface area (Å²) in [5.41, 5.74) is 3.25. The first kappa shape index (κ1) is 16.9. The van der Waals surface area contributed by atoms with Crippen LogP contribution in [-0.2, 0) is 11.2 Å². The van der Waals surface area contributed by atoms with Crippen LogP contribution in [0.25, 0.3) is 0 Å². The molecule has 1 aromatic rings. The lowest BCUT2D eigenvalue weighted by Gasteiger charge is -2.40. The molecule has 0 radical (unpaired) electrons. The number of nitrogens with one attached hydrogen (secondary N) is 1. The van der Waals surface area contributed by atoms with Gasteiger partial charge in [0.05, 0.1) is 0 Å². The van der Waals surface area contributed by atoms with Crippen molar-refractivity contribution < 1.29 is 4.79 Å². The topological polar surface area (TPSA) is 35.6 Å². The third-order valence-electron chi connectivity index (χ3n) is 6.74. The Morgan fingerprint density at radius 1 is 1.24 bits per heavy atom. The number of carbonyl (C=O) groups is 1. The lowest BCUT2D eigenvalue weighted by Crippen LogP contribution is -2.45. The fraction of sp³-hybridized carbons (Fsp3) is 0.667. The lowest BCUT2D eigenvalue weighted by molar-refractivity contribution is -0.133. The van der Waals surface area contributed by atoms with Crippen molar-refractivity contribution >= 4 is 11.6 Å². The van der Waals surface area contributed by atoms with Gasteiger partial charge in [0.15, 0.2) is 0 Å². The van der Waals surface area contributed by atoms with Gasteiger partial charge in [-0.05, 0) is 62.6 Å². The normalized spacial score (nSPS) is 25.2. The smallest absolute Gasteiger partial charge is 0.224 e. The maximum absolute atomic E-state index is 12.7. The van der Waals surface area contributed by atoms with E-state index in [-0.39, 0.29) is 0 Å². The zero-order chi connectivity index (χ0) is 17.3. The summed E-state index contributed by atoms with van der Waals surface area (Å²) in [4.78, 5) is 17.3. The number of fused-ring (bicyclic) bond motifs is 1. The second-order valence-corrected chi connectivity index (χ2v) is 8.27. The minimum atomic E-state index is 0.344. The summed E-state index contributed by atoms with van der Waals surface area (Å²) in [7, 11) is 0. The molecule has 1 aromatic carbocycles. The number of anilines is 1. The standard InChI is InChI=1S/C21H31N3O/c1-17-6-7-18-4-2-3-5-19(18)24(17)13-8-20(25)23-14-10-21(11-15-23)9-12-22-16-21/h2-5,17,22H,6-16H2,1H3. The minimum absolute atomic E-state index is 0.344. The predicted octanol–water partition coefficient (Wildman–Crippen LogP) is 2.82. The Labute approximate surface area is 151 Å². The zero-order valence-corrected chi connectivity index (χ0v) is 15.5. The highest BCUT2D eigenvalue weighted by molar-refractivity contribution is 5.77. The van der Waals surface area contributed by atoms with Crippen LogP contribution in [0.5, 0.6) is 0 Å². The summed E-state index contributed by atoms with van der Waals surface area (Å²) >= 11 is 0. The molecule has 4 nitrogen and oxygen atoms in total. The van der Waals surface area contributed by atoms with Crippen molar-refractivity contribution in [1.29, 1.82) is 0 Å². The van der Waals surface area contributed by atoms with Gasteiger partial charge in [-0.1, -0.05) is 18.2 Å². The molecule has 0 aliphatic carbocycles. The molecule has 3 aliphatic rings. The number of para-hydroxylation sites is 1. The molecule has 2 saturated heterocycles. The van der Waals surface area contributed by atoms with Gasteiger partial charge in [0.25, 0.3) is 0 Å². The Balaban J connectivity index is 1.33. The summed E-state index contributed by atoms with van der Waals surface area (Å²) in [5, 5.41) is 3.50. The molecule has 0 saturated carbocycles. The van der Waals surface area contributed by atoms with Crippen LogP contribution < -0.4 is 10.2 Å². The van der Waals surface area contributed by atoms with Crippen molar-refractivity contribution in [3.8, 4) is 0 Å². The molecule has 1 spiro atoms. The van der Waals surface area contributed by atoms with Crippen molar-refractivity contribution in [2.75, 3.05) is 37.6 Å². The number of amides is 1. The number of benzene rings is 1. The largest absolute Gasteiger partial charge is 0.368 e. The fourth-order valence-corrected chi connectivity index (χ4v) is 4.93. The van der Waals surface area contributed by atoms with Crippen molar-refractivity contribution in [3.05, 3.63) is 29.8 Å². The molecule has 25 heavy (non-hydrogen) atoms. The van der Waals surface area contributed by atoms with E-state index in [4.69, 9.17) is 0 Å². The van der Waals surface area contributed by atoms with E-state index in [1.54, 1.807) is 0 Å². The van der Waals surface area contributed by atoms with Crippen LogP contribution >= 0.6 is 0 Å². The first-order chi connectivity index (χ1) is 12.2. The van der Waals surface area contributed by atoms with Crippen LogP contribution in [0.1, 0.15) is 44.6 Å².